The fraction of sp³-hybridized carbons (Fsp3) is 1.00. The number of sulfonamides is 1. The van der Waals surface area contributed by atoms with Crippen LogP contribution in [0.4, 0.5) is 0 Å². The highest BCUT2D eigenvalue weighted by atomic mass is 32.2. The smallest absolute Gasteiger partial charge is 0.211 e. The minimum atomic E-state index is -2.99. The maximum absolute atomic E-state index is 11.3. The standard InChI is InChI=1S/C9H20N2O2S.CH4/c1-9(2,3)10-5-7-11(8-6-10)14(4,12)13;/h5-8H2,1-4H3;1H4. The van der Waals surface area contributed by atoms with E-state index < -0.39 is 10.0 Å². The number of hydrogen-bond acceptors (Lipinski definition) is 3. The van der Waals surface area contributed by atoms with Crippen LogP contribution < -0.4 is 0 Å². The molecular formula is C10H24N2O2S. The van der Waals surface area contributed by atoms with Crippen LogP contribution in [0.3, 0.4) is 0 Å². The van der Waals surface area contributed by atoms with Crippen molar-refractivity contribution in [1.82, 2.24) is 9.21 Å². The van der Waals surface area contributed by atoms with E-state index in [9.17, 15) is 8.42 Å². The van der Waals surface area contributed by atoms with E-state index >= 15 is 0 Å². The molecule has 0 bridgehead atoms. The Bertz CT molecular complexity index is 285. The van der Waals surface area contributed by atoms with Crippen molar-refractivity contribution in [2.24, 2.45) is 0 Å². The molecular weight excluding hydrogens is 212 g/mol. The fourth-order valence-corrected chi connectivity index (χ4v) is 2.52. The molecule has 4 nitrogen and oxygen atoms in total. The Morgan fingerprint density at radius 2 is 1.40 bits per heavy atom. The summed E-state index contributed by atoms with van der Waals surface area (Å²) in [6, 6.07) is 0. The van der Waals surface area contributed by atoms with E-state index in [0.29, 0.717) is 13.1 Å². The molecule has 15 heavy (non-hydrogen) atoms. The predicted molar refractivity (Wildman–Crippen MR) is 64.5 cm³/mol. The first-order chi connectivity index (χ1) is 6.21. The summed E-state index contributed by atoms with van der Waals surface area (Å²) >= 11 is 0. The zero-order valence-electron chi connectivity index (χ0n) is 9.45. The number of hydrogen-bond donors (Lipinski definition) is 0. The van der Waals surface area contributed by atoms with Gasteiger partial charge in [-0.25, -0.2) is 8.42 Å². The lowest BCUT2D eigenvalue weighted by Crippen LogP contribution is -2.54. The van der Waals surface area contributed by atoms with Crippen LogP contribution >= 0.6 is 0 Å². The van der Waals surface area contributed by atoms with E-state index in [2.05, 4.69) is 25.7 Å². The van der Waals surface area contributed by atoms with Gasteiger partial charge in [0.2, 0.25) is 10.0 Å². The summed E-state index contributed by atoms with van der Waals surface area (Å²) in [6.07, 6.45) is 1.28. The topological polar surface area (TPSA) is 40.6 Å². The summed E-state index contributed by atoms with van der Waals surface area (Å²) < 4.78 is 24.1. The molecule has 1 aliphatic rings. The molecule has 0 atom stereocenters. The van der Waals surface area contributed by atoms with Crippen molar-refractivity contribution >= 4 is 10.0 Å². The highest BCUT2D eigenvalue weighted by Gasteiger charge is 2.28. The maximum atomic E-state index is 11.3. The number of nitrogens with zero attached hydrogens (tertiary/aromatic N) is 2. The van der Waals surface area contributed by atoms with Crippen LogP contribution in [0, 0.1) is 0 Å². The van der Waals surface area contributed by atoms with E-state index in [1.807, 2.05) is 0 Å². The van der Waals surface area contributed by atoms with Crippen molar-refractivity contribution in [1.29, 1.82) is 0 Å². The Balaban J connectivity index is 0.00000196. The largest absolute Gasteiger partial charge is 0.296 e. The summed E-state index contributed by atoms with van der Waals surface area (Å²) in [4.78, 5) is 2.31. The van der Waals surface area contributed by atoms with Crippen LogP contribution in [-0.4, -0.2) is 55.6 Å². The summed E-state index contributed by atoms with van der Waals surface area (Å²) in [5.74, 6) is 0. The Labute approximate surface area is 94.3 Å². The van der Waals surface area contributed by atoms with Crippen molar-refractivity contribution in [3.05, 3.63) is 0 Å². The van der Waals surface area contributed by atoms with Gasteiger partial charge >= 0.3 is 0 Å². The molecule has 1 saturated heterocycles. The zero-order valence-corrected chi connectivity index (χ0v) is 10.3. The van der Waals surface area contributed by atoms with Gasteiger partial charge in [-0.15, -0.1) is 0 Å². The van der Waals surface area contributed by atoms with Gasteiger partial charge in [0.05, 0.1) is 6.26 Å². The average Bonchev–Trinajstić information content (AvgIpc) is 2.01. The van der Waals surface area contributed by atoms with Gasteiger partial charge in [-0.05, 0) is 20.8 Å². The summed E-state index contributed by atoms with van der Waals surface area (Å²) in [5, 5.41) is 0. The van der Waals surface area contributed by atoms with Crippen LogP contribution in [0.2, 0.25) is 0 Å². The van der Waals surface area contributed by atoms with Gasteiger partial charge in [-0.3, -0.25) is 4.90 Å². The summed E-state index contributed by atoms with van der Waals surface area (Å²) in [5.41, 5.74) is 0.142. The highest BCUT2D eigenvalue weighted by molar-refractivity contribution is 7.88. The molecule has 0 amide bonds. The van der Waals surface area contributed by atoms with E-state index in [1.165, 1.54) is 6.26 Å². The molecule has 0 aliphatic carbocycles. The SMILES string of the molecule is C.CC(C)(C)N1CCN(S(C)(=O)=O)CC1. The van der Waals surface area contributed by atoms with Gasteiger partial charge in [0.15, 0.2) is 0 Å². The molecule has 0 spiro atoms. The van der Waals surface area contributed by atoms with E-state index in [4.69, 9.17) is 0 Å². The van der Waals surface area contributed by atoms with Crippen LogP contribution in [0.15, 0.2) is 0 Å². The average molecular weight is 236 g/mol. The Morgan fingerprint density at radius 3 is 1.67 bits per heavy atom. The summed E-state index contributed by atoms with van der Waals surface area (Å²) in [7, 11) is -2.99. The lowest BCUT2D eigenvalue weighted by atomic mass is 10.1. The lowest BCUT2D eigenvalue weighted by molar-refractivity contribution is 0.0924. The van der Waals surface area contributed by atoms with Gasteiger partial charge < -0.3 is 0 Å². The first kappa shape index (κ1) is 14.9. The van der Waals surface area contributed by atoms with E-state index in [1.54, 1.807) is 4.31 Å². The Kier molecular flexibility index (Phi) is 4.76. The molecule has 1 fully saturated rings. The number of rotatable bonds is 1. The Hall–Kier alpha value is -0.130. The van der Waals surface area contributed by atoms with E-state index in [-0.39, 0.29) is 13.0 Å². The first-order valence-corrected chi connectivity index (χ1v) is 6.76. The van der Waals surface area contributed by atoms with Gasteiger partial charge in [0, 0.05) is 31.7 Å². The van der Waals surface area contributed by atoms with Crippen LogP contribution in [0.1, 0.15) is 28.2 Å². The van der Waals surface area contributed by atoms with Gasteiger partial charge in [0.25, 0.3) is 0 Å². The highest BCUT2D eigenvalue weighted by Crippen LogP contribution is 2.16. The second-order valence-electron chi connectivity index (χ2n) is 4.82. The van der Waals surface area contributed by atoms with Crippen LogP contribution in [-0.2, 0) is 10.0 Å². The third-order valence-corrected chi connectivity index (χ3v) is 3.96. The van der Waals surface area contributed by atoms with Crippen molar-refractivity contribution in [3.8, 4) is 0 Å². The normalized spacial score (nSPS) is 21.1. The van der Waals surface area contributed by atoms with E-state index in [0.717, 1.165) is 13.1 Å². The first-order valence-electron chi connectivity index (χ1n) is 4.91. The molecule has 0 aromatic heterocycles. The molecule has 0 aromatic carbocycles. The van der Waals surface area contributed by atoms with Crippen molar-refractivity contribution in [2.45, 2.75) is 33.7 Å². The third kappa shape index (κ3) is 4.09. The molecule has 5 heteroatoms. The van der Waals surface area contributed by atoms with Gasteiger partial charge in [-0.1, -0.05) is 7.43 Å². The number of piperazine rings is 1. The second-order valence-corrected chi connectivity index (χ2v) is 6.80. The lowest BCUT2D eigenvalue weighted by Gasteiger charge is -2.41. The Morgan fingerprint density at radius 1 is 1.00 bits per heavy atom. The second kappa shape index (κ2) is 4.80. The molecule has 1 heterocycles. The molecule has 0 aromatic rings. The van der Waals surface area contributed by atoms with Gasteiger partial charge in [0.1, 0.15) is 0 Å². The van der Waals surface area contributed by atoms with Crippen molar-refractivity contribution < 1.29 is 8.42 Å². The van der Waals surface area contributed by atoms with Crippen molar-refractivity contribution in [3.63, 3.8) is 0 Å². The predicted octanol–water partition coefficient (Wildman–Crippen LogP) is 0.998. The monoisotopic (exact) mass is 236 g/mol. The quantitative estimate of drug-likeness (QED) is 0.682. The minimum absolute atomic E-state index is 0. The maximum Gasteiger partial charge on any atom is 0.211 e. The summed E-state index contributed by atoms with van der Waals surface area (Å²) in [6.45, 7) is 9.37. The third-order valence-electron chi connectivity index (χ3n) is 2.66. The van der Waals surface area contributed by atoms with Crippen molar-refractivity contribution in [2.75, 3.05) is 32.4 Å². The molecule has 1 rings (SSSR count). The molecule has 1 aliphatic heterocycles. The fourth-order valence-electron chi connectivity index (χ4n) is 1.69. The molecule has 0 radical (unpaired) electrons. The van der Waals surface area contributed by atoms with Gasteiger partial charge in [-0.2, -0.15) is 4.31 Å². The molecule has 0 N–H and O–H groups in total. The van der Waals surface area contributed by atoms with Crippen LogP contribution in [0.5, 0.6) is 0 Å². The molecule has 0 saturated carbocycles. The zero-order chi connectivity index (χ0) is 11.0. The molecule has 92 valence electrons. The van der Waals surface area contributed by atoms with Crippen LogP contribution in [0.25, 0.3) is 0 Å². The molecule has 0 unspecified atom stereocenters. The minimum Gasteiger partial charge on any atom is -0.296 e.